The first-order chi connectivity index (χ1) is 9.38. The van der Waals surface area contributed by atoms with Crippen molar-refractivity contribution in [1.82, 2.24) is 4.90 Å². The fraction of sp³-hybridized carbons (Fsp3) is 0.938. The molecule has 118 valence electrons. The Kier molecular flexibility index (Phi) is 6.96. The summed E-state index contributed by atoms with van der Waals surface area (Å²) in [7, 11) is 2.20. The molecule has 0 amide bonds. The van der Waals surface area contributed by atoms with Gasteiger partial charge >= 0.3 is 5.97 Å². The Morgan fingerprint density at radius 1 is 1.40 bits per heavy atom. The van der Waals surface area contributed by atoms with Crippen LogP contribution in [0.25, 0.3) is 0 Å². The van der Waals surface area contributed by atoms with E-state index in [-0.39, 0.29) is 5.97 Å². The quantitative estimate of drug-likeness (QED) is 0.730. The van der Waals surface area contributed by atoms with Crippen LogP contribution in [0.1, 0.15) is 59.3 Å². The molecular weight excluding hydrogens is 252 g/mol. The van der Waals surface area contributed by atoms with Crippen LogP contribution in [0.2, 0.25) is 0 Å². The second-order valence-corrected chi connectivity index (χ2v) is 6.55. The average Bonchev–Trinajstić information content (AvgIpc) is 2.39. The molecule has 3 unspecified atom stereocenters. The van der Waals surface area contributed by atoms with Crippen LogP contribution in [0.4, 0.5) is 0 Å². The third kappa shape index (κ3) is 5.06. The Labute approximate surface area is 124 Å². The minimum Gasteiger partial charge on any atom is -0.465 e. The Morgan fingerprint density at radius 2 is 2.05 bits per heavy atom. The molecule has 1 aliphatic carbocycles. The molecule has 1 fully saturated rings. The maximum Gasteiger partial charge on any atom is 0.325 e. The predicted octanol–water partition coefficient (Wildman–Crippen LogP) is 2.56. The molecule has 0 saturated heterocycles. The molecule has 0 aromatic rings. The number of carbonyl (C=O) groups excluding carboxylic acids is 1. The zero-order chi connectivity index (χ0) is 15.2. The van der Waals surface area contributed by atoms with E-state index in [1.807, 2.05) is 6.92 Å². The first-order valence-electron chi connectivity index (χ1n) is 8.05. The molecule has 2 N–H and O–H groups in total. The number of esters is 1. The van der Waals surface area contributed by atoms with Gasteiger partial charge in [-0.15, -0.1) is 0 Å². The molecule has 0 aliphatic heterocycles. The fourth-order valence-electron chi connectivity index (χ4n) is 3.21. The number of rotatable bonds is 7. The summed E-state index contributed by atoms with van der Waals surface area (Å²) in [4.78, 5) is 14.2. The monoisotopic (exact) mass is 284 g/mol. The van der Waals surface area contributed by atoms with Crippen LogP contribution in [0, 0.1) is 5.92 Å². The van der Waals surface area contributed by atoms with Gasteiger partial charge in [0.2, 0.25) is 0 Å². The first-order valence-corrected chi connectivity index (χ1v) is 8.05. The smallest absolute Gasteiger partial charge is 0.325 e. The van der Waals surface area contributed by atoms with Crippen molar-refractivity contribution < 1.29 is 9.53 Å². The highest BCUT2D eigenvalue weighted by molar-refractivity contribution is 5.79. The summed E-state index contributed by atoms with van der Waals surface area (Å²) < 4.78 is 5.02. The zero-order valence-corrected chi connectivity index (χ0v) is 13.7. The maximum absolute atomic E-state index is 11.7. The number of nitrogens with zero attached hydrogens (tertiary/aromatic N) is 1. The van der Waals surface area contributed by atoms with Crippen LogP contribution in [0.5, 0.6) is 0 Å². The topological polar surface area (TPSA) is 55.6 Å². The van der Waals surface area contributed by atoms with Gasteiger partial charge in [0.25, 0.3) is 0 Å². The van der Waals surface area contributed by atoms with Crippen LogP contribution in [0.3, 0.4) is 0 Å². The molecule has 1 rings (SSSR count). The highest BCUT2D eigenvalue weighted by Crippen LogP contribution is 2.27. The predicted molar refractivity (Wildman–Crippen MR) is 82.5 cm³/mol. The van der Waals surface area contributed by atoms with Gasteiger partial charge in [0, 0.05) is 6.04 Å². The Hall–Kier alpha value is -0.610. The summed E-state index contributed by atoms with van der Waals surface area (Å²) >= 11 is 0. The number of hydrogen-bond donors (Lipinski definition) is 1. The number of hydrogen-bond acceptors (Lipinski definition) is 4. The maximum atomic E-state index is 11.7. The van der Waals surface area contributed by atoms with E-state index in [1.54, 1.807) is 6.92 Å². The minimum atomic E-state index is -0.852. The Morgan fingerprint density at radius 3 is 2.65 bits per heavy atom. The Balaban J connectivity index is 2.33. The number of carbonyl (C=O) groups is 1. The van der Waals surface area contributed by atoms with Gasteiger partial charge in [0.1, 0.15) is 5.54 Å². The van der Waals surface area contributed by atoms with Crippen molar-refractivity contribution in [3.05, 3.63) is 0 Å². The summed E-state index contributed by atoms with van der Waals surface area (Å²) in [6.45, 7) is 7.33. The molecule has 20 heavy (non-hydrogen) atoms. The lowest BCUT2D eigenvalue weighted by Crippen LogP contribution is -2.47. The summed E-state index contributed by atoms with van der Waals surface area (Å²) in [6.07, 6.45) is 6.97. The van der Waals surface area contributed by atoms with Gasteiger partial charge in [-0.05, 0) is 59.0 Å². The molecule has 0 bridgehead atoms. The van der Waals surface area contributed by atoms with Crippen LogP contribution in [-0.4, -0.2) is 42.6 Å². The van der Waals surface area contributed by atoms with Crippen molar-refractivity contribution in [2.24, 2.45) is 11.7 Å². The lowest BCUT2D eigenvalue weighted by Gasteiger charge is -2.36. The van der Waals surface area contributed by atoms with Crippen molar-refractivity contribution in [2.45, 2.75) is 70.9 Å². The van der Waals surface area contributed by atoms with Gasteiger partial charge in [-0.3, -0.25) is 4.79 Å². The van der Waals surface area contributed by atoms with Gasteiger partial charge in [-0.2, -0.15) is 0 Å². The molecular formula is C16H32N2O2. The lowest BCUT2D eigenvalue weighted by atomic mass is 9.85. The van der Waals surface area contributed by atoms with Gasteiger partial charge in [0.05, 0.1) is 6.61 Å². The molecule has 0 spiro atoms. The standard InChI is InChI=1S/C16H32N2O2/c1-5-20-15(19)16(3,17)11-8-12-18(4)14-10-7-6-9-13(14)2/h13-14H,5-12,17H2,1-4H3. The molecule has 1 aliphatic rings. The van der Waals surface area contributed by atoms with Crippen molar-refractivity contribution in [2.75, 3.05) is 20.2 Å². The normalized spacial score (nSPS) is 26.3. The van der Waals surface area contributed by atoms with Crippen molar-refractivity contribution in [3.8, 4) is 0 Å². The van der Waals surface area contributed by atoms with Gasteiger partial charge in [-0.25, -0.2) is 0 Å². The van der Waals surface area contributed by atoms with Gasteiger partial charge < -0.3 is 15.4 Å². The minimum absolute atomic E-state index is 0.284. The van der Waals surface area contributed by atoms with Crippen LogP contribution in [0.15, 0.2) is 0 Å². The third-order valence-electron chi connectivity index (χ3n) is 4.58. The van der Waals surface area contributed by atoms with E-state index in [9.17, 15) is 4.79 Å². The highest BCUT2D eigenvalue weighted by Gasteiger charge is 2.30. The summed E-state index contributed by atoms with van der Waals surface area (Å²) in [5, 5.41) is 0. The van der Waals surface area contributed by atoms with Crippen LogP contribution in [-0.2, 0) is 9.53 Å². The second kappa shape index (κ2) is 7.99. The van der Waals surface area contributed by atoms with E-state index in [1.165, 1.54) is 25.7 Å². The van der Waals surface area contributed by atoms with Crippen molar-refractivity contribution in [1.29, 1.82) is 0 Å². The summed E-state index contributed by atoms with van der Waals surface area (Å²) in [5.41, 5.74) is 5.19. The first kappa shape index (κ1) is 17.4. The van der Waals surface area contributed by atoms with E-state index < -0.39 is 5.54 Å². The van der Waals surface area contributed by atoms with E-state index in [4.69, 9.17) is 10.5 Å². The zero-order valence-electron chi connectivity index (χ0n) is 13.7. The molecule has 0 aromatic heterocycles. The van der Waals surface area contributed by atoms with Crippen molar-refractivity contribution in [3.63, 3.8) is 0 Å². The van der Waals surface area contributed by atoms with E-state index >= 15 is 0 Å². The Bertz CT molecular complexity index is 305. The fourth-order valence-corrected chi connectivity index (χ4v) is 3.21. The average molecular weight is 284 g/mol. The molecule has 0 heterocycles. The molecule has 0 aromatic carbocycles. The van der Waals surface area contributed by atoms with E-state index in [2.05, 4.69) is 18.9 Å². The molecule has 3 atom stereocenters. The highest BCUT2D eigenvalue weighted by atomic mass is 16.5. The van der Waals surface area contributed by atoms with Crippen LogP contribution >= 0.6 is 0 Å². The SMILES string of the molecule is CCOC(=O)C(C)(N)CCCN(C)C1CCCCC1C. The van der Waals surface area contributed by atoms with Gasteiger partial charge in [-0.1, -0.05) is 19.8 Å². The third-order valence-corrected chi connectivity index (χ3v) is 4.58. The summed E-state index contributed by atoms with van der Waals surface area (Å²) in [6, 6.07) is 0.690. The number of ether oxygens (including phenoxy) is 1. The molecule has 0 radical (unpaired) electrons. The van der Waals surface area contributed by atoms with E-state index in [0.717, 1.165) is 18.9 Å². The van der Waals surface area contributed by atoms with Crippen LogP contribution < -0.4 is 5.73 Å². The van der Waals surface area contributed by atoms with Gasteiger partial charge in [0.15, 0.2) is 0 Å². The summed E-state index contributed by atoms with van der Waals surface area (Å²) in [5.74, 6) is 0.497. The molecule has 1 saturated carbocycles. The molecule has 4 nitrogen and oxygen atoms in total. The number of nitrogens with two attached hydrogens (primary N) is 1. The van der Waals surface area contributed by atoms with Crippen molar-refractivity contribution >= 4 is 5.97 Å². The van der Waals surface area contributed by atoms with E-state index in [0.29, 0.717) is 19.1 Å². The lowest BCUT2D eigenvalue weighted by molar-refractivity contribution is -0.149. The largest absolute Gasteiger partial charge is 0.465 e. The second-order valence-electron chi connectivity index (χ2n) is 6.55. The molecule has 4 heteroatoms.